The van der Waals surface area contributed by atoms with Crippen LogP contribution in [0.2, 0.25) is 0 Å². The molecule has 0 aliphatic carbocycles. The molecular formula is C13H21BrN4. The van der Waals surface area contributed by atoms with E-state index in [1.54, 1.807) is 0 Å². The molecule has 18 heavy (non-hydrogen) atoms. The van der Waals surface area contributed by atoms with E-state index in [9.17, 15) is 0 Å². The van der Waals surface area contributed by atoms with E-state index in [4.69, 9.17) is 0 Å². The summed E-state index contributed by atoms with van der Waals surface area (Å²) < 4.78 is 0.987. The minimum absolute atomic E-state index is 0.717. The van der Waals surface area contributed by atoms with Gasteiger partial charge in [0.15, 0.2) is 0 Å². The van der Waals surface area contributed by atoms with E-state index in [2.05, 4.69) is 50.0 Å². The number of halogens is 1. The van der Waals surface area contributed by atoms with Crippen LogP contribution in [0, 0.1) is 5.92 Å². The highest BCUT2D eigenvalue weighted by Gasteiger charge is 2.24. The predicted octanol–water partition coefficient (Wildman–Crippen LogP) is 3.30. The van der Waals surface area contributed by atoms with Crippen molar-refractivity contribution >= 4 is 27.7 Å². The summed E-state index contributed by atoms with van der Waals surface area (Å²) in [5.74, 6) is 2.56. The molecule has 1 saturated heterocycles. The summed E-state index contributed by atoms with van der Waals surface area (Å²) >= 11 is 3.56. The summed E-state index contributed by atoms with van der Waals surface area (Å²) in [5.41, 5.74) is 0. The van der Waals surface area contributed by atoms with Gasteiger partial charge in [0.1, 0.15) is 5.82 Å². The highest BCUT2D eigenvalue weighted by Crippen LogP contribution is 2.30. The highest BCUT2D eigenvalue weighted by molar-refractivity contribution is 9.10. The topological polar surface area (TPSA) is 41.1 Å². The minimum atomic E-state index is 0.717. The second-order valence-electron chi connectivity index (χ2n) is 4.78. The number of nitrogens with one attached hydrogen (secondary N) is 1. The lowest BCUT2D eigenvalue weighted by atomic mass is 10.0. The van der Waals surface area contributed by atoms with Gasteiger partial charge in [0, 0.05) is 25.8 Å². The van der Waals surface area contributed by atoms with E-state index in [0.717, 1.165) is 41.8 Å². The van der Waals surface area contributed by atoms with Gasteiger partial charge in [0.25, 0.3) is 0 Å². The van der Waals surface area contributed by atoms with E-state index < -0.39 is 0 Å². The number of hydrogen-bond donors (Lipinski definition) is 1. The van der Waals surface area contributed by atoms with Gasteiger partial charge >= 0.3 is 0 Å². The van der Waals surface area contributed by atoms with Crippen molar-refractivity contribution in [2.24, 2.45) is 5.92 Å². The first-order chi connectivity index (χ1) is 8.74. The molecule has 0 radical (unpaired) electrons. The van der Waals surface area contributed by atoms with Gasteiger partial charge in [-0.05, 0) is 41.6 Å². The Morgan fingerprint density at radius 2 is 2.33 bits per heavy atom. The van der Waals surface area contributed by atoms with Crippen LogP contribution in [0.25, 0.3) is 0 Å². The molecule has 5 heteroatoms. The van der Waals surface area contributed by atoms with Crippen molar-refractivity contribution in [3.63, 3.8) is 0 Å². The SMILES string of the molecule is CCCC1CCN(c2nc(NCC)ncc2Br)C1. The largest absolute Gasteiger partial charge is 0.355 e. The monoisotopic (exact) mass is 312 g/mol. The quantitative estimate of drug-likeness (QED) is 0.905. The van der Waals surface area contributed by atoms with Crippen LogP contribution in [-0.4, -0.2) is 29.6 Å². The van der Waals surface area contributed by atoms with Crippen molar-refractivity contribution in [2.45, 2.75) is 33.1 Å². The van der Waals surface area contributed by atoms with Gasteiger partial charge in [-0.2, -0.15) is 4.98 Å². The van der Waals surface area contributed by atoms with Gasteiger partial charge in [0.2, 0.25) is 5.95 Å². The molecule has 1 aromatic rings. The average Bonchev–Trinajstić information content (AvgIpc) is 2.81. The lowest BCUT2D eigenvalue weighted by Gasteiger charge is -2.19. The first kappa shape index (κ1) is 13.6. The molecule has 0 saturated carbocycles. The van der Waals surface area contributed by atoms with Crippen LogP contribution in [0.4, 0.5) is 11.8 Å². The van der Waals surface area contributed by atoms with Crippen LogP contribution in [-0.2, 0) is 0 Å². The van der Waals surface area contributed by atoms with E-state index in [1.165, 1.54) is 19.3 Å². The summed E-state index contributed by atoms with van der Waals surface area (Å²) in [6.07, 6.45) is 5.71. The van der Waals surface area contributed by atoms with Crippen LogP contribution >= 0.6 is 15.9 Å². The maximum atomic E-state index is 4.60. The normalized spacial score (nSPS) is 19.3. The molecule has 0 aromatic carbocycles. The molecule has 0 spiro atoms. The fraction of sp³-hybridized carbons (Fsp3) is 0.692. The van der Waals surface area contributed by atoms with Crippen LogP contribution in [0.5, 0.6) is 0 Å². The number of nitrogens with zero attached hydrogens (tertiary/aromatic N) is 3. The molecule has 100 valence electrons. The number of aromatic nitrogens is 2. The van der Waals surface area contributed by atoms with E-state index in [0.29, 0.717) is 0 Å². The van der Waals surface area contributed by atoms with E-state index >= 15 is 0 Å². The van der Waals surface area contributed by atoms with Gasteiger partial charge in [-0.1, -0.05) is 13.3 Å². The first-order valence-corrected chi connectivity index (χ1v) is 7.55. The molecule has 1 aliphatic rings. The van der Waals surface area contributed by atoms with Gasteiger partial charge < -0.3 is 10.2 Å². The van der Waals surface area contributed by atoms with Crippen molar-refractivity contribution in [3.8, 4) is 0 Å². The second-order valence-corrected chi connectivity index (χ2v) is 5.64. The second kappa shape index (κ2) is 6.36. The van der Waals surface area contributed by atoms with Crippen molar-refractivity contribution in [3.05, 3.63) is 10.7 Å². The molecule has 1 unspecified atom stereocenters. The van der Waals surface area contributed by atoms with Crippen LogP contribution in [0.1, 0.15) is 33.1 Å². The lowest BCUT2D eigenvalue weighted by molar-refractivity contribution is 0.529. The maximum absolute atomic E-state index is 4.60. The molecule has 4 nitrogen and oxygen atoms in total. The van der Waals surface area contributed by atoms with Crippen molar-refractivity contribution in [1.29, 1.82) is 0 Å². The molecule has 1 N–H and O–H groups in total. The third kappa shape index (κ3) is 3.13. The molecule has 1 aromatic heterocycles. The average molecular weight is 313 g/mol. The Morgan fingerprint density at radius 1 is 1.50 bits per heavy atom. The summed E-state index contributed by atoms with van der Waals surface area (Å²) in [4.78, 5) is 11.2. The maximum Gasteiger partial charge on any atom is 0.224 e. The number of hydrogen-bond acceptors (Lipinski definition) is 4. The van der Waals surface area contributed by atoms with Gasteiger partial charge in [-0.25, -0.2) is 4.98 Å². The summed E-state index contributed by atoms with van der Waals surface area (Å²) in [6.45, 7) is 7.38. The summed E-state index contributed by atoms with van der Waals surface area (Å²) in [6, 6.07) is 0. The first-order valence-electron chi connectivity index (χ1n) is 6.76. The Morgan fingerprint density at radius 3 is 3.06 bits per heavy atom. The molecule has 2 rings (SSSR count). The van der Waals surface area contributed by atoms with Gasteiger partial charge in [-0.15, -0.1) is 0 Å². The Balaban J connectivity index is 2.10. The Bertz CT molecular complexity index is 397. The zero-order chi connectivity index (χ0) is 13.0. The fourth-order valence-corrected chi connectivity index (χ4v) is 2.93. The predicted molar refractivity (Wildman–Crippen MR) is 79.1 cm³/mol. The lowest BCUT2D eigenvalue weighted by Crippen LogP contribution is -2.22. The van der Waals surface area contributed by atoms with Gasteiger partial charge in [-0.3, -0.25) is 0 Å². The van der Waals surface area contributed by atoms with Crippen molar-refractivity contribution < 1.29 is 0 Å². The third-order valence-corrected chi connectivity index (χ3v) is 3.90. The molecule has 1 aliphatic heterocycles. The van der Waals surface area contributed by atoms with E-state index in [-0.39, 0.29) is 0 Å². The molecule has 0 amide bonds. The highest BCUT2D eigenvalue weighted by atomic mass is 79.9. The van der Waals surface area contributed by atoms with Crippen LogP contribution < -0.4 is 10.2 Å². The zero-order valence-electron chi connectivity index (χ0n) is 11.1. The standard InChI is InChI=1S/C13H21BrN4/c1-3-5-10-6-7-18(9-10)12-11(14)8-16-13(17-12)15-4-2/h8,10H,3-7,9H2,1-2H3,(H,15,16,17). The molecular weight excluding hydrogens is 292 g/mol. The minimum Gasteiger partial charge on any atom is -0.355 e. The fourth-order valence-electron chi connectivity index (χ4n) is 2.49. The van der Waals surface area contributed by atoms with Crippen molar-refractivity contribution in [1.82, 2.24) is 9.97 Å². The zero-order valence-corrected chi connectivity index (χ0v) is 12.7. The van der Waals surface area contributed by atoms with Crippen LogP contribution in [0.3, 0.4) is 0 Å². The smallest absolute Gasteiger partial charge is 0.224 e. The summed E-state index contributed by atoms with van der Waals surface area (Å²) in [5, 5.41) is 3.17. The molecule has 2 heterocycles. The number of anilines is 2. The van der Waals surface area contributed by atoms with E-state index in [1.807, 2.05) is 6.20 Å². The molecule has 1 fully saturated rings. The number of rotatable bonds is 5. The van der Waals surface area contributed by atoms with Crippen molar-refractivity contribution in [2.75, 3.05) is 29.9 Å². The third-order valence-electron chi connectivity index (χ3n) is 3.34. The Kier molecular flexibility index (Phi) is 4.80. The van der Waals surface area contributed by atoms with Crippen LogP contribution in [0.15, 0.2) is 10.7 Å². The van der Waals surface area contributed by atoms with Gasteiger partial charge in [0.05, 0.1) is 4.47 Å². The summed E-state index contributed by atoms with van der Waals surface area (Å²) in [7, 11) is 0. The molecule has 1 atom stereocenters. The Hall–Kier alpha value is -0.840. The Labute approximate surface area is 117 Å². The molecule has 0 bridgehead atoms.